The summed E-state index contributed by atoms with van der Waals surface area (Å²) in [5, 5.41) is 2.98. The molecule has 1 saturated carbocycles. The average molecular weight is 276 g/mol. The highest BCUT2D eigenvalue weighted by Crippen LogP contribution is 2.32. The first kappa shape index (κ1) is 14.9. The van der Waals surface area contributed by atoms with E-state index in [1.165, 1.54) is 0 Å². The van der Waals surface area contributed by atoms with Crippen LogP contribution in [0.1, 0.15) is 33.1 Å². The molecule has 4 heteroatoms. The van der Waals surface area contributed by atoms with Crippen molar-refractivity contribution in [1.29, 1.82) is 0 Å². The molecule has 0 unspecified atom stereocenters. The third-order valence-electron chi connectivity index (χ3n) is 3.79. The summed E-state index contributed by atoms with van der Waals surface area (Å²) < 4.78 is 5.58. The number of ether oxygens (including phenoxy) is 1. The summed E-state index contributed by atoms with van der Waals surface area (Å²) in [7, 11) is 0. The van der Waals surface area contributed by atoms with Crippen LogP contribution in [0.4, 0.5) is 5.69 Å². The van der Waals surface area contributed by atoms with E-state index in [1.807, 2.05) is 38.1 Å². The molecular weight excluding hydrogens is 252 g/mol. The molecule has 20 heavy (non-hydrogen) atoms. The SMILES string of the molecule is CC(C)Oc1ccc(NC(=O)[C@@H]2CCC[C@@H]2CN)cc1. The first-order valence-corrected chi connectivity index (χ1v) is 7.38. The van der Waals surface area contributed by atoms with Crippen LogP contribution >= 0.6 is 0 Å². The second-order valence-electron chi connectivity index (χ2n) is 5.71. The Morgan fingerprint density at radius 3 is 2.65 bits per heavy atom. The number of carbonyl (C=O) groups excluding carboxylic acids is 1. The minimum absolute atomic E-state index is 0.0617. The number of anilines is 1. The Morgan fingerprint density at radius 1 is 1.35 bits per heavy atom. The van der Waals surface area contributed by atoms with Gasteiger partial charge in [0.15, 0.2) is 0 Å². The molecule has 0 bridgehead atoms. The van der Waals surface area contributed by atoms with Crippen molar-refractivity contribution in [3.8, 4) is 5.75 Å². The van der Waals surface area contributed by atoms with Crippen molar-refractivity contribution in [2.24, 2.45) is 17.6 Å². The van der Waals surface area contributed by atoms with Crippen molar-refractivity contribution >= 4 is 11.6 Å². The molecule has 3 N–H and O–H groups in total. The predicted octanol–water partition coefficient (Wildman–Crippen LogP) is 2.79. The molecule has 0 heterocycles. The van der Waals surface area contributed by atoms with Gasteiger partial charge in [-0.25, -0.2) is 0 Å². The summed E-state index contributed by atoms with van der Waals surface area (Å²) in [6.07, 6.45) is 3.26. The van der Waals surface area contributed by atoms with Crippen molar-refractivity contribution < 1.29 is 9.53 Å². The number of nitrogens with two attached hydrogens (primary N) is 1. The number of amides is 1. The molecule has 1 fully saturated rings. The first-order valence-electron chi connectivity index (χ1n) is 7.38. The highest BCUT2D eigenvalue weighted by Gasteiger charge is 2.31. The zero-order valence-electron chi connectivity index (χ0n) is 12.3. The lowest BCUT2D eigenvalue weighted by Gasteiger charge is -2.17. The van der Waals surface area contributed by atoms with Crippen LogP contribution in [-0.4, -0.2) is 18.6 Å². The minimum Gasteiger partial charge on any atom is -0.491 e. The number of hydrogen-bond acceptors (Lipinski definition) is 3. The van der Waals surface area contributed by atoms with E-state index in [2.05, 4.69) is 5.32 Å². The van der Waals surface area contributed by atoms with Gasteiger partial charge in [0.2, 0.25) is 5.91 Å². The maximum absolute atomic E-state index is 12.2. The number of nitrogens with one attached hydrogen (secondary N) is 1. The van der Waals surface area contributed by atoms with E-state index < -0.39 is 0 Å². The summed E-state index contributed by atoms with van der Waals surface area (Å²) >= 11 is 0. The highest BCUT2D eigenvalue weighted by molar-refractivity contribution is 5.93. The van der Waals surface area contributed by atoms with Crippen molar-refractivity contribution in [2.45, 2.75) is 39.2 Å². The van der Waals surface area contributed by atoms with Gasteiger partial charge in [0.25, 0.3) is 0 Å². The van der Waals surface area contributed by atoms with Crippen LogP contribution in [0.2, 0.25) is 0 Å². The van der Waals surface area contributed by atoms with Crippen molar-refractivity contribution in [3.63, 3.8) is 0 Å². The molecule has 1 aromatic rings. The Balaban J connectivity index is 1.94. The van der Waals surface area contributed by atoms with E-state index in [0.717, 1.165) is 30.7 Å². The average Bonchev–Trinajstić information content (AvgIpc) is 2.89. The summed E-state index contributed by atoms with van der Waals surface area (Å²) in [4.78, 5) is 12.2. The standard InChI is InChI=1S/C16H24N2O2/c1-11(2)20-14-8-6-13(7-9-14)18-16(19)15-5-3-4-12(15)10-17/h6-9,11-12,15H,3-5,10,17H2,1-2H3,(H,18,19)/t12-,15-/m1/s1. The molecule has 1 aliphatic rings. The van der Waals surface area contributed by atoms with Crippen LogP contribution in [-0.2, 0) is 4.79 Å². The molecule has 4 nitrogen and oxygen atoms in total. The van der Waals surface area contributed by atoms with Gasteiger partial charge < -0.3 is 15.8 Å². The van der Waals surface area contributed by atoms with Gasteiger partial charge >= 0.3 is 0 Å². The van der Waals surface area contributed by atoms with Gasteiger partial charge in [0.05, 0.1) is 6.10 Å². The molecule has 1 amide bonds. The van der Waals surface area contributed by atoms with Gasteiger partial charge in [-0.15, -0.1) is 0 Å². The number of carbonyl (C=O) groups is 1. The molecule has 2 rings (SSSR count). The van der Waals surface area contributed by atoms with E-state index >= 15 is 0 Å². The van der Waals surface area contributed by atoms with Crippen LogP contribution < -0.4 is 15.8 Å². The van der Waals surface area contributed by atoms with Crippen LogP contribution in [0.3, 0.4) is 0 Å². The largest absolute Gasteiger partial charge is 0.491 e. The topological polar surface area (TPSA) is 64.3 Å². The summed E-state index contributed by atoms with van der Waals surface area (Å²) in [5.41, 5.74) is 6.54. The Bertz CT molecular complexity index is 442. The van der Waals surface area contributed by atoms with Crippen LogP contribution in [0, 0.1) is 11.8 Å². The smallest absolute Gasteiger partial charge is 0.227 e. The van der Waals surface area contributed by atoms with Gasteiger partial charge in [-0.1, -0.05) is 6.42 Å². The molecule has 1 aliphatic carbocycles. The fourth-order valence-electron chi connectivity index (χ4n) is 2.79. The quantitative estimate of drug-likeness (QED) is 0.869. The van der Waals surface area contributed by atoms with E-state index in [0.29, 0.717) is 12.5 Å². The van der Waals surface area contributed by atoms with Crippen molar-refractivity contribution in [2.75, 3.05) is 11.9 Å². The Morgan fingerprint density at radius 2 is 2.05 bits per heavy atom. The molecular formula is C16H24N2O2. The molecule has 0 saturated heterocycles. The highest BCUT2D eigenvalue weighted by atomic mass is 16.5. The molecule has 0 radical (unpaired) electrons. The zero-order chi connectivity index (χ0) is 14.5. The number of benzene rings is 1. The molecule has 1 aromatic carbocycles. The van der Waals surface area contributed by atoms with Crippen molar-refractivity contribution in [1.82, 2.24) is 0 Å². The molecule has 0 aliphatic heterocycles. The van der Waals surface area contributed by atoms with Gasteiger partial charge in [-0.3, -0.25) is 4.79 Å². The van der Waals surface area contributed by atoms with Gasteiger partial charge in [-0.05, 0) is 63.4 Å². The maximum atomic E-state index is 12.2. The van der Waals surface area contributed by atoms with Crippen LogP contribution in [0.15, 0.2) is 24.3 Å². The lowest BCUT2D eigenvalue weighted by Crippen LogP contribution is -2.29. The second-order valence-corrected chi connectivity index (χ2v) is 5.71. The third-order valence-corrected chi connectivity index (χ3v) is 3.79. The molecule has 2 atom stereocenters. The van der Waals surface area contributed by atoms with E-state index in [9.17, 15) is 4.79 Å². The van der Waals surface area contributed by atoms with Crippen LogP contribution in [0.25, 0.3) is 0 Å². The van der Waals surface area contributed by atoms with E-state index in [1.54, 1.807) is 0 Å². The third kappa shape index (κ3) is 3.73. The van der Waals surface area contributed by atoms with Gasteiger partial charge in [0.1, 0.15) is 5.75 Å². The number of rotatable bonds is 5. The fourth-order valence-corrected chi connectivity index (χ4v) is 2.79. The maximum Gasteiger partial charge on any atom is 0.227 e. The van der Waals surface area contributed by atoms with E-state index in [-0.39, 0.29) is 17.9 Å². The minimum atomic E-state index is 0.0617. The Labute approximate surface area is 120 Å². The molecule has 0 spiro atoms. The summed E-state index contributed by atoms with van der Waals surface area (Å²) in [6, 6.07) is 7.51. The van der Waals surface area contributed by atoms with Gasteiger partial charge in [0, 0.05) is 11.6 Å². The first-order chi connectivity index (χ1) is 9.60. The monoisotopic (exact) mass is 276 g/mol. The fraction of sp³-hybridized carbons (Fsp3) is 0.562. The molecule has 110 valence electrons. The zero-order valence-corrected chi connectivity index (χ0v) is 12.3. The van der Waals surface area contributed by atoms with E-state index in [4.69, 9.17) is 10.5 Å². The van der Waals surface area contributed by atoms with Gasteiger partial charge in [-0.2, -0.15) is 0 Å². The van der Waals surface area contributed by atoms with Crippen LogP contribution in [0.5, 0.6) is 5.75 Å². The lowest BCUT2D eigenvalue weighted by molar-refractivity contribution is -0.120. The Hall–Kier alpha value is -1.55. The second kappa shape index (κ2) is 6.75. The number of hydrogen-bond donors (Lipinski definition) is 2. The Kier molecular flexibility index (Phi) is 5.01. The predicted molar refractivity (Wildman–Crippen MR) is 80.7 cm³/mol. The normalized spacial score (nSPS) is 22.0. The lowest BCUT2D eigenvalue weighted by atomic mass is 9.95. The summed E-state index contributed by atoms with van der Waals surface area (Å²) in [6.45, 7) is 4.57. The molecule has 0 aromatic heterocycles. The van der Waals surface area contributed by atoms with Crippen molar-refractivity contribution in [3.05, 3.63) is 24.3 Å². The summed E-state index contributed by atoms with van der Waals surface area (Å²) in [5.74, 6) is 1.30.